The first kappa shape index (κ1) is 15.9. The van der Waals surface area contributed by atoms with E-state index < -0.39 is 11.9 Å². The van der Waals surface area contributed by atoms with Crippen LogP contribution in [0.1, 0.15) is 37.1 Å². The van der Waals surface area contributed by atoms with Crippen LogP contribution in [0.15, 0.2) is 36.5 Å². The van der Waals surface area contributed by atoms with Crippen LogP contribution in [0.5, 0.6) is 0 Å². The van der Waals surface area contributed by atoms with Crippen molar-refractivity contribution in [3.8, 4) is 11.4 Å². The molecule has 122 valence electrons. The van der Waals surface area contributed by atoms with Crippen LogP contribution >= 0.6 is 0 Å². The van der Waals surface area contributed by atoms with Gasteiger partial charge in [-0.25, -0.2) is 9.97 Å². The summed E-state index contributed by atoms with van der Waals surface area (Å²) in [4.78, 5) is 10.0. The number of halogens is 3. The number of hydrogen-bond acceptors (Lipinski definition) is 3. The van der Waals surface area contributed by atoms with Gasteiger partial charge in [0.2, 0.25) is 0 Å². The molecular formula is C17H18F3N3. The molecule has 3 nitrogen and oxygen atoms in total. The summed E-state index contributed by atoms with van der Waals surface area (Å²) in [6.07, 6.45) is -0.915. The van der Waals surface area contributed by atoms with Crippen molar-refractivity contribution in [1.82, 2.24) is 14.9 Å². The van der Waals surface area contributed by atoms with Gasteiger partial charge in [0.15, 0.2) is 5.82 Å². The van der Waals surface area contributed by atoms with Crippen LogP contribution in [-0.2, 0) is 6.18 Å². The van der Waals surface area contributed by atoms with E-state index in [2.05, 4.69) is 21.8 Å². The summed E-state index contributed by atoms with van der Waals surface area (Å²) in [6.45, 7) is 4.24. The predicted octanol–water partition coefficient (Wildman–Crippen LogP) is 4.32. The highest BCUT2D eigenvalue weighted by Crippen LogP contribution is 2.30. The van der Waals surface area contributed by atoms with Crippen molar-refractivity contribution < 1.29 is 13.2 Å². The average molecular weight is 321 g/mol. The molecule has 1 aromatic heterocycles. The molecule has 2 heterocycles. The van der Waals surface area contributed by atoms with E-state index in [1.807, 2.05) is 18.2 Å². The Bertz CT molecular complexity index is 679. The fraction of sp³-hybridized carbons (Fsp3) is 0.412. The molecule has 0 unspecified atom stereocenters. The maximum atomic E-state index is 12.8. The van der Waals surface area contributed by atoms with Gasteiger partial charge < -0.3 is 0 Å². The van der Waals surface area contributed by atoms with Gasteiger partial charge in [0.1, 0.15) is 5.69 Å². The fourth-order valence-corrected chi connectivity index (χ4v) is 2.93. The highest BCUT2D eigenvalue weighted by atomic mass is 19.4. The van der Waals surface area contributed by atoms with Crippen molar-refractivity contribution in [3.63, 3.8) is 0 Å². The Morgan fingerprint density at radius 3 is 2.57 bits per heavy atom. The molecule has 2 aromatic rings. The average Bonchev–Trinajstić information content (AvgIpc) is 3.08. The van der Waals surface area contributed by atoms with Crippen molar-refractivity contribution in [3.05, 3.63) is 47.8 Å². The third-order valence-corrected chi connectivity index (χ3v) is 4.26. The summed E-state index contributed by atoms with van der Waals surface area (Å²) in [6, 6.07) is 8.61. The summed E-state index contributed by atoms with van der Waals surface area (Å²) >= 11 is 0. The number of nitrogens with zero attached hydrogens (tertiary/aromatic N) is 3. The van der Waals surface area contributed by atoms with Crippen LogP contribution in [-0.4, -0.2) is 28.0 Å². The fourth-order valence-electron chi connectivity index (χ4n) is 2.93. The molecule has 23 heavy (non-hydrogen) atoms. The summed E-state index contributed by atoms with van der Waals surface area (Å²) < 4.78 is 38.4. The Morgan fingerprint density at radius 1 is 1.13 bits per heavy atom. The Kier molecular flexibility index (Phi) is 4.35. The third-order valence-electron chi connectivity index (χ3n) is 4.26. The number of rotatable bonds is 3. The van der Waals surface area contributed by atoms with E-state index in [0.717, 1.165) is 30.9 Å². The van der Waals surface area contributed by atoms with Crippen LogP contribution < -0.4 is 0 Å². The van der Waals surface area contributed by atoms with E-state index in [1.54, 1.807) is 6.07 Å². The van der Waals surface area contributed by atoms with Crippen molar-refractivity contribution in [2.24, 2.45) is 0 Å². The minimum Gasteiger partial charge on any atom is -0.297 e. The first-order valence-electron chi connectivity index (χ1n) is 7.70. The largest absolute Gasteiger partial charge is 0.433 e. The molecule has 1 saturated heterocycles. The van der Waals surface area contributed by atoms with Gasteiger partial charge in [-0.3, -0.25) is 4.90 Å². The standard InChI is InChI=1S/C17H18F3N3/c1-12(23-9-2-3-10-23)13-5-4-6-14(11-13)16-21-8-7-15(22-16)17(18,19)20/h4-8,11-12H,2-3,9-10H2,1H3/t12-/m0/s1. The van der Waals surface area contributed by atoms with Gasteiger partial charge in [-0.1, -0.05) is 18.2 Å². The minimum absolute atomic E-state index is 0.107. The minimum atomic E-state index is -4.46. The summed E-state index contributed by atoms with van der Waals surface area (Å²) in [7, 11) is 0. The molecular weight excluding hydrogens is 303 g/mol. The maximum absolute atomic E-state index is 12.8. The van der Waals surface area contributed by atoms with Gasteiger partial charge in [0.05, 0.1) is 0 Å². The van der Waals surface area contributed by atoms with E-state index in [4.69, 9.17) is 0 Å². The van der Waals surface area contributed by atoms with E-state index in [1.165, 1.54) is 12.8 Å². The lowest BCUT2D eigenvalue weighted by Crippen LogP contribution is -2.23. The number of aromatic nitrogens is 2. The normalized spacial score (nSPS) is 17.4. The maximum Gasteiger partial charge on any atom is 0.433 e. The molecule has 3 rings (SSSR count). The molecule has 1 atom stereocenters. The highest BCUT2D eigenvalue weighted by molar-refractivity contribution is 5.56. The predicted molar refractivity (Wildman–Crippen MR) is 81.7 cm³/mol. The molecule has 1 fully saturated rings. The molecule has 0 bridgehead atoms. The monoisotopic (exact) mass is 321 g/mol. The van der Waals surface area contributed by atoms with Crippen LogP contribution in [0.2, 0.25) is 0 Å². The van der Waals surface area contributed by atoms with E-state index >= 15 is 0 Å². The van der Waals surface area contributed by atoms with Crippen LogP contribution in [0.25, 0.3) is 11.4 Å². The lowest BCUT2D eigenvalue weighted by Gasteiger charge is -2.24. The van der Waals surface area contributed by atoms with E-state index in [9.17, 15) is 13.2 Å². The summed E-state index contributed by atoms with van der Waals surface area (Å²) in [5, 5.41) is 0. The van der Waals surface area contributed by atoms with Crippen molar-refractivity contribution in [2.75, 3.05) is 13.1 Å². The van der Waals surface area contributed by atoms with E-state index in [0.29, 0.717) is 5.56 Å². The number of benzene rings is 1. The van der Waals surface area contributed by atoms with Crippen LogP contribution in [0.4, 0.5) is 13.2 Å². The Hall–Kier alpha value is -1.95. The Morgan fingerprint density at radius 2 is 1.87 bits per heavy atom. The number of alkyl halides is 3. The smallest absolute Gasteiger partial charge is 0.297 e. The molecule has 0 amide bonds. The summed E-state index contributed by atoms with van der Waals surface area (Å²) in [5.41, 5.74) is 0.769. The molecule has 6 heteroatoms. The second-order valence-electron chi connectivity index (χ2n) is 5.81. The molecule has 0 spiro atoms. The van der Waals surface area contributed by atoms with Crippen molar-refractivity contribution in [1.29, 1.82) is 0 Å². The number of likely N-dealkylation sites (tertiary alicyclic amines) is 1. The lowest BCUT2D eigenvalue weighted by molar-refractivity contribution is -0.141. The molecule has 0 N–H and O–H groups in total. The van der Waals surface area contributed by atoms with Crippen LogP contribution in [0, 0.1) is 0 Å². The molecule has 0 radical (unpaired) electrons. The first-order chi connectivity index (χ1) is 10.9. The molecule has 0 aliphatic carbocycles. The zero-order valence-corrected chi connectivity index (χ0v) is 12.8. The van der Waals surface area contributed by atoms with Gasteiger partial charge >= 0.3 is 6.18 Å². The SMILES string of the molecule is C[C@@H](c1cccc(-c2nccc(C(F)(F)F)n2)c1)N1CCCC1. The van der Waals surface area contributed by atoms with Crippen molar-refractivity contribution >= 4 is 0 Å². The summed E-state index contributed by atoms with van der Waals surface area (Å²) in [5.74, 6) is 0.107. The quantitative estimate of drug-likeness (QED) is 0.843. The van der Waals surface area contributed by atoms with Crippen LogP contribution in [0.3, 0.4) is 0 Å². The molecule has 1 aliphatic rings. The van der Waals surface area contributed by atoms with Gasteiger partial charge in [-0.15, -0.1) is 0 Å². The number of hydrogen-bond donors (Lipinski definition) is 0. The second kappa shape index (κ2) is 6.28. The molecule has 1 aromatic carbocycles. The Balaban J connectivity index is 1.90. The van der Waals surface area contributed by atoms with Gasteiger partial charge in [0, 0.05) is 17.8 Å². The first-order valence-corrected chi connectivity index (χ1v) is 7.70. The zero-order chi connectivity index (χ0) is 16.4. The Labute approximate surface area is 133 Å². The molecule has 0 saturated carbocycles. The van der Waals surface area contributed by atoms with E-state index in [-0.39, 0.29) is 11.9 Å². The lowest BCUT2D eigenvalue weighted by atomic mass is 10.0. The second-order valence-corrected chi connectivity index (χ2v) is 5.81. The van der Waals surface area contributed by atoms with Gasteiger partial charge in [-0.05, 0) is 50.6 Å². The third kappa shape index (κ3) is 3.52. The highest BCUT2D eigenvalue weighted by Gasteiger charge is 2.32. The molecule has 1 aliphatic heterocycles. The van der Waals surface area contributed by atoms with Crippen molar-refractivity contribution in [2.45, 2.75) is 32.0 Å². The zero-order valence-electron chi connectivity index (χ0n) is 12.8. The van der Waals surface area contributed by atoms with Gasteiger partial charge in [-0.2, -0.15) is 13.2 Å². The van der Waals surface area contributed by atoms with Gasteiger partial charge in [0.25, 0.3) is 0 Å². The topological polar surface area (TPSA) is 29.0 Å².